The summed E-state index contributed by atoms with van der Waals surface area (Å²) in [7, 11) is 1.53. The predicted octanol–water partition coefficient (Wildman–Crippen LogP) is 4.17. The lowest BCUT2D eigenvalue weighted by molar-refractivity contribution is -0.177. The zero-order valence-corrected chi connectivity index (χ0v) is 30.1. The number of aliphatic hydroxyl groups is 1. The van der Waals surface area contributed by atoms with E-state index in [0.29, 0.717) is 65.6 Å². The molecule has 4 rings (SSSR count). The molecule has 1 fully saturated rings. The second-order valence-corrected chi connectivity index (χ2v) is 12.7. The van der Waals surface area contributed by atoms with Crippen molar-refractivity contribution in [3.8, 4) is 11.1 Å². The number of ketones is 1. The highest BCUT2D eigenvalue weighted by atomic mass is 16.8. The van der Waals surface area contributed by atoms with Crippen LogP contribution < -0.4 is 10.6 Å². The second kappa shape index (κ2) is 20.2. The molecule has 0 aromatic heterocycles. The largest absolute Gasteiger partial charge is 0.533 e. The number of fused-ring (bicyclic) bond motifs is 3. The Morgan fingerprint density at radius 3 is 2.34 bits per heavy atom. The number of benzene rings is 2. The standard InChI is InChI=1S/C38H47N3O12/c1-24(15-17-42)50-18-5-6-33(43)26-9-11-28-29-12-10-27(40-35(45)8-4-7-34(44)39-16-19-51-25(2)22-49-3)21-31(29)32(30(28)20-26)23-52-38(48)53-41-36(46)13-14-37(41)47/h9-12,20-21,24,32,42H,2,4-8,13-19,22-23H2,1,3H3,(H,39,44)(H,40,45). The van der Waals surface area contributed by atoms with Crippen molar-refractivity contribution in [1.29, 1.82) is 0 Å². The summed E-state index contributed by atoms with van der Waals surface area (Å²) in [6.07, 6.45) is 0.311. The third kappa shape index (κ3) is 12.0. The van der Waals surface area contributed by atoms with Crippen molar-refractivity contribution in [1.82, 2.24) is 10.4 Å². The minimum absolute atomic E-state index is 0.0218. The molecule has 3 N–H and O–H groups in total. The Morgan fingerprint density at radius 1 is 0.925 bits per heavy atom. The minimum atomic E-state index is -1.23. The first-order valence-corrected chi connectivity index (χ1v) is 17.6. The Kier molecular flexibility index (Phi) is 15.5. The number of methoxy groups -OCH3 is 1. The Hall–Kier alpha value is -5.12. The number of imide groups is 1. The van der Waals surface area contributed by atoms with Gasteiger partial charge in [0.25, 0.3) is 11.8 Å². The van der Waals surface area contributed by atoms with Crippen molar-refractivity contribution in [2.45, 2.75) is 70.3 Å². The van der Waals surface area contributed by atoms with Crippen LogP contribution in [0.2, 0.25) is 0 Å². The second-order valence-electron chi connectivity index (χ2n) is 12.7. The molecule has 0 radical (unpaired) electrons. The van der Waals surface area contributed by atoms with Crippen LogP contribution in [-0.2, 0) is 43.0 Å². The van der Waals surface area contributed by atoms with Crippen molar-refractivity contribution in [3.63, 3.8) is 0 Å². The number of carbonyl (C=O) groups excluding carboxylic acids is 6. The van der Waals surface area contributed by atoms with Crippen molar-refractivity contribution in [2.24, 2.45) is 0 Å². The van der Waals surface area contributed by atoms with Crippen molar-refractivity contribution in [3.05, 3.63) is 65.4 Å². The van der Waals surface area contributed by atoms with E-state index in [1.165, 1.54) is 7.11 Å². The molecule has 0 saturated carbocycles. The maximum atomic E-state index is 13.2. The molecule has 1 aliphatic heterocycles. The maximum absolute atomic E-state index is 13.2. The van der Waals surface area contributed by atoms with Gasteiger partial charge in [-0.05, 0) is 66.6 Å². The summed E-state index contributed by atoms with van der Waals surface area (Å²) in [5, 5.41) is 15.1. The van der Waals surface area contributed by atoms with Gasteiger partial charge in [-0.2, -0.15) is 0 Å². The zero-order chi connectivity index (χ0) is 38.3. The average molecular weight is 738 g/mol. The molecule has 1 heterocycles. The molecule has 2 atom stereocenters. The molecule has 0 bridgehead atoms. The highest BCUT2D eigenvalue weighted by molar-refractivity contribution is 6.01. The summed E-state index contributed by atoms with van der Waals surface area (Å²) in [5.41, 5.74) is 3.98. The van der Waals surface area contributed by atoms with Crippen LogP contribution in [0.1, 0.15) is 85.7 Å². The molecular weight excluding hydrogens is 690 g/mol. The van der Waals surface area contributed by atoms with Gasteiger partial charge in [0.15, 0.2) is 5.78 Å². The first-order chi connectivity index (χ1) is 25.5. The Morgan fingerprint density at radius 2 is 1.62 bits per heavy atom. The fourth-order valence-corrected chi connectivity index (χ4v) is 5.94. The van der Waals surface area contributed by atoms with Crippen molar-refractivity contribution in [2.75, 3.05) is 52.0 Å². The number of aliphatic hydroxyl groups excluding tert-OH is 1. The van der Waals surface area contributed by atoms with Crippen LogP contribution in [0.25, 0.3) is 11.1 Å². The number of hydroxylamine groups is 2. The number of hydrogen-bond donors (Lipinski definition) is 3. The fourth-order valence-electron chi connectivity index (χ4n) is 5.94. The lowest BCUT2D eigenvalue weighted by Crippen LogP contribution is -2.32. The molecular formula is C38H47N3O12. The molecule has 1 aliphatic carbocycles. The lowest BCUT2D eigenvalue weighted by atomic mass is 9.94. The Labute approximate surface area is 307 Å². The topological polar surface area (TPSA) is 196 Å². The van der Waals surface area contributed by atoms with Gasteiger partial charge in [0.1, 0.15) is 25.6 Å². The van der Waals surface area contributed by atoms with Gasteiger partial charge in [0.2, 0.25) is 11.8 Å². The van der Waals surface area contributed by atoms with E-state index in [1.54, 1.807) is 24.3 Å². The third-order valence-electron chi connectivity index (χ3n) is 8.62. The van der Waals surface area contributed by atoms with Gasteiger partial charge >= 0.3 is 6.16 Å². The van der Waals surface area contributed by atoms with E-state index in [1.807, 2.05) is 19.1 Å². The Bertz CT molecular complexity index is 1660. The fraction of sp³-hybridized carbons (Fsp3) is 0.474. The zero-order valence-electron chi connectivity index (χ0n) is 30.1. The predicted molar refractivity (Wildman–Crippen MR) is 190 cm³/mol. The summed E-state index contributed by atoms with van der Waals surface area (Å²) < 4.78 is 21.3. The minimum Gasteiger partial charge on any atom is -0.494 e. The smallest absolute Gasteiger partial charge is 0.494 e. The summed E-state index contributed by atoms with van der Waals surface area (Å²) in [5.74, 6) is -2.02. The van der Waals surface area contributed by atoms with Crippen molar-refractivity contribution >= 4 is 41.3 Å². The van der Waals surface area contributed by atoms with E-state index in [-0.39, 0.29) is 82.2 Å². The molecule has 0 spiro atoms. The summed E-state index contributed by atoms with van der Waals surface area (Å²) in [6.45, 7) is 6.50. The third-order valence-corrected chi connectivity index (χ3v) is 8.62. The van der Waals surface area contributed by atoms with Gasteiger partial charge in [-0.15, -0.1) is 0 Å². The average Bonchev–Trinajstić information content (AvgIpc) is 3.61. The molecule has 1 saturated heterocycles. The molecule has 2 aromatic carbocycles. The quantitative estimate of drug-likeness (QED) is 0.0514. The van der Waals surface area contributed by atoms with Crippen LogP contribution in [0.15, 0.2) is 48.7 Å². The Balaban J connectivity index is 1.39. The summed E-state index contributed by atoms with van der Waals surface area (Å²) >= 11 is 0. The normalized spacial score (nSPS) is 15.0. The SMILES string of the molecule is C=C(COC)OCCNC(=O)CCCC(=O)Nc1ccc2c(c1)C(COC(=O)ON1C(=O)CCC1=O)c1cc(C(=O)CCCOC(C)CCO)ccc1-2. The molecule has 2 aromatic rings. The van der Waals surface area contributed by atoms with E-state index >= 15 is 0 Å². The van der Waals surface area contributed by atoms with Crippen molar-refractivity contribution < 1.29 is 57.7 Å². The number of Topliss-reactive ketones (excluding diaryl/α,β-unsaturated/α-hetero) is 1. The number of nitrogens with one attached hydrogen (secondary N) is 2. The number of rotatable bonds is 22. The van der Waals surface area contributed by atoms with Crippen LogP contribution in [0.4, 0.5) is 10.5 Å². The van der Waals surface area contributed by atoms with E-state index < -0.39 is 23.9 Å². The van der Waals surface area contributed by atoms with Gasteiger partial charge in [0.05, 0.1) is 12.6 Å². The number of anilines is 1. The van der Waals surface area contributed by atoms with E-state index in [4.69, 9.17) is 28.9 Å². The number of carbonyl (C=O) groups is 6. The number of amides is 4. The lowest BCUT2D eigenvalue weighted by Gasteiger charge is -2.17. The van der Waals surface area contributed by atoms with Gasteiger partial charge in [0, 0.05) is 69.6 Å². The van der Waals surface area contributed by atoms with E-state index in [0.717, 1.165) is 11.1 Å². The molecule has 53 heavy (non-hydrogen) atoms. The van der Waals surface area contributed by atoms with E-state index in [2.05, 4.69) is 17.2 Å². The van der Waals surface area contributed by atoms with Crippen LogP contribution in [0.3, 0.4) is 0 Å². The number of ether oxygens (including phenoxy) is 4. The van der Waals surface area contributed by atoms with Gasteiger partial charge in [-0.3, -0.25) is 28.8 Å². The summed E-state index contributed by atoms with van der Waals surface area (Å²) in [4.78, 5) is 79.6. The molecule has 2 unspecified atom stereocenters. The van der Waals surface area contributed by atoms with Gasteiger partial charge < -0.3 is 34.7 Å². The first kappa shape index (κ1) is 40.6. The van der Waals surface area contributed by atoms with Crippen LogP contribution >= 0.6 is 0 Å². The van der Waals surface area contributed by atoms with Crippen LogP contribution in [0, 0.1) is 0 Å². The van der Waals surface area contributed by atoms with E-state index in [9.17, 15) is 28.8 Å². The first-order valence-electron chi connectivity index (χ1n) is 17.6. The van der Waals surface area contributed by atoms with Gasteiger partial charge in [-0.1, -0.05) is 29.8 Å². The number of nitrogens with zero attached hydrogens (tertiary/aromatic N) is 1. The summed E-state index contributed by atoms with van der Waals surface area (Å²) in [6, 6.07) is 10.6. The maximum Gasteiger partial charge on any atom is 0.533 e. The molecule has 15 nitrogen and oxygen atoms in total. The van der Waals surface area contributed by atoms with Gasteiger partial charge in [-0.25, -0.2) is 4.79 Å². The molecule has 2 aliphatic rings. The van der Waals surface area contributed by atoms with Crippen LogP contribution in [0.5, 0.6) is 0 Å². The molecule has 15 heteroatoms. The number of hydrogen-bond acceptors (Lipinski definition) is 12. The molecule has 286 valence electrons. The highest BCUT2D eigenvalue weighted by Gasteiger charge is 2.35. The highest BCUT2D eigenvalue weighted by Crippen LogP contribution is 2.46. The van der Waals surface area contributed by atoms with Crippen LogP contribution in [-0.4, -0.2) is 98.5 Å². The molecule has 4 amide bonds. The monoisotopic (exact) mass is 737 g/mol.